The van der Waals surface area contributed by atoms with Crippen molar-refractivity contribution in [2.24, 2.45) is 0 Å². The van der Waals surface area contributed by atoms with Crippen LogP contribution >= 0.6 is 0 Å². The Balaban J connectivity index is 2.59. The Morgan fingerprint density at radius 1 is 1.16 bits per heavy atom. The van der Waals surface area contributed by atoms with E-state index in [2.05, 4.69) is 11.8 Å². The highest BCUT2D eigenvalue weighted by atomic mass is 19.1. The van der Waals surface area contributed by atoms with Crippen LogP contribution in [0.15, 0.2) is 46.2 Å². The maximum atomic E-state index is 13.6. The summed E-state index contributed by atoms with van der Waals surface area (Å²) < 4.78 is 15.8. The van der Waals surface area contributed by atoms with Gasteiger partial charge in [-0.3, -0.25) is 18.7 Å². The van der Waals surface area contributed by atoms with Crippen LogP contribution in [0.3, 0.4) is 0 Å². The molecule has 0 saturated carbocycles. The Morgan fingerprint density at radius 2 is 1.89 bits per heavy atom. The average Bonchev–Trinajstić information content (AvgIpc) is 2.42. The van der Waals surface area contributed by atoms with Gasteiger partial charge in [0, 0.05) is 12.4 Å². The van der Waals surface area contributed by atoms with E-state index in [0.29, 0.717) is 0 Å². The van der Waals surface area contributed by atoms with Crippen molar-refractivity contribution in [2.75, 3.05) is 0 Å². The first-order valence-electron chi connectivity index (χ1n) is 5.61. The van der Waals surface area contributed by atoms with Crippen molar-refractivity contribution in [3.8, 4) is 17.5 Å². The smallest absolute Gasteiger partial charge is 0.298 e. The van der Waals surface area contributed by atoms with Crippen LogP contribution in [0.25, 0.3) is 5.69 Å². The summed E-state index contributed by atoms with van der Waals surface area (Å²) in [6, 6.07) is 5.78. The molecule has 0 aliphatic heterocycles. The predicted molar refractivity (Wildman–Crippen MR) is 69.7 cm³/mol. The van der Waals surface area contributed by atoms with E-state index in [1.54, 1.807) is 13.0 Å². The summed E-state index contributed by atoms with van der Waals surface area (Å²) in [5.41, 5.74) is -1.47. The maximum Gasteiger partial charge on any atom is 0.321 e. The Labute approximate surface area is 108 Å². The summed E-state index contributed by atoms with van der Waals surface area (Å²) in [4.78, 5) is 23.7. The SMILES string of the molecule is CC#CCn1ccn(-c2ccccc2F)c(=O)c1=O. The quantitative estimate of drug-likeness (QED) is 0.599. The molecule has 0 amide bonds. The van der Waals surface area contributed by atoms with Gasteiger partial charge in [-0.15, -0.1) is 5.92 Å². The zero-order valence-corrected chi connectivity index (χ0v) is 10.3. The number of aromatic nitrogens is 2. The average molecular weight is 258 g/mol. The number of rotatable bonds is 2. The molecule has 0 aliphatic rings. The fraction of sp³-hybridized carbons (Fsp3) is 0.143. The van der Waals surface area contributed by atoms with E-state index in [9.17, 15) is 14.0 Å². The highest BCUT2D eigenvalue weighted by Gasteiger charge is 2.09. The van der Waals surface area contributed by atoms with Gasteiger partial charge in [0.2, 0.25) is 0 Å². The maximum absolute atomic E-state index is 13.6. The molecular formula is C14H11FN2O2. The van der Waals surface area contributed by atoms with E-state index in [4.69, 9.17) is 0 Å². The minimum atomic E-state index is -0.800. The second-order valence-electron chi connectivity index (χ2n) is 3.78. The molecule has 1 heterocycles. The molecular weight excluding hydrogens is 247 g/mol. The second kappa shape index (κ2) is 5.36. The van der Waals surface area contributed by atoms with Gasteiger partial charge >= 0.3 is 11.1 Å². The van der Waals surface area contributed by atoms with Gasteiger partial charge in [0.05, 0.1) is 12.2 Å². The summed E-state index contributed by atoms with van der Waals surface area (Å²) in [6.07, 6.45) is 2.78. The number of halogens is 1. The lowest BCUT2D eigenvalue weighted by atomic mass is 10.3. The lowest BCUT2D eigenvalue weighted by Gasteiger charge is -2.07. The van der Waals surface area contributed by atoms with Crippen molar-refractivity contribution in [1.82, 2.24) is 9.13 Å². The fourth-order valence-electron chi connectivity index (χ4n) is 1.63. The summed E-state index contributed by atoms with van der Waals surface area (Å²) in [6.45, 7) is 1.79. The monoisotopic (exact) mass is 258 g/mol. The van der Waals surface area contributed by atoms with E-state index in [-0.39, 0.29) is 12.2 Å². The van der Waals surface area contributed by atoms with Crippen LogP contribution in [0.5, 0.6) is 0 Å². The first-order chi connectivity index (χ1) is 9.15. The van der Waals surface area contributed by atoms with Crippen LogP contribution in [0, 0.1) is 17.7 Å². The molecule has 0 atom stereocenters. The highest BCUT2D eigenvalue weighted by Crippen LogP contribution is 2.09. The largest absolute Gasteiger partial charge is 0.321 e. The molecule has 96 valence electrons. The minimum Gasteiger partial charge on any atom is -0.298 e. The van der Waals surface area contributed by atoms with Crippen molar-refractivity contribution >= 4 is 0 Å². The van der Waals surface area contributed by atoms with Gasteiger partial charge < -0.3 is 0 Å². The fourth-order valence-corrected chi connectivity index (χ4v) is 1.63. The minimum absolute atomic E-state index is 0.0540. The van der Waals surface area contributed by atoms with Crippen LogP contribution in [-0.2, 0) is 6.54 Å². The molecule has 0 bridgehead atoms. The number of benzene rings is 1. The molecule has 4 nitrogen and oxygen atoms in total. The molecule has 2 aromatic rings. The molecule has 0 radical (unpaired) electrons. The van der Waals surface area contributed by atoms with Crippen LogP contribution in [0.4, 0.5) is 4.39 Å². The van der Waals surface area contributed by atoms with Gasteiger partial charge in [-0.05, 0) is 19.1 Å². The first kappa shape index (κ1) is 12.8. The Morgan fingerprint density at radius 3 is 2.58 bits per heavy atom. The second-order valence-corrected chi connectivity index (χ2v) is 3.78. The number of hydrogen-bond donors (Lipinski definition) is 0. The Bertz CT molecular complexity index is 778. The molecule has 0 N–H and O–H groups in total. The van der Waals surface area contributed by atoms with E-state index in [0.717, 1.165) is 4.57 Å². The van der Waals surface area contributed by atoms with Crippen molar-refractivity contribution in [2.45, 2.75) is 13.5 Å². The molecule has 0 saturated heterocycles. The van der Waals surface area contributed by atoms with E-state index in [1.165, 1.54) is 35.2 Å². The topological polar surface area (TPSA) is 44.0 Å². The number of nitrogens with zero attached hydrogens (tertiary/aromatic N) is 2. The van der Waals surface area contributed by atoms with E-state index < -0.39 is 16.9 Å². The third kappa shape index (κ3) is 2.47. The van der Waals surface area contributed by atoms with Gasteiger partial charge in [-0.2, -0.15) is 0 Å². The first-order valence-corrected chi connectivity index (χ1v) is 5.61. The molecule has 1 aromatic heterocycles. The molecule has 2 rings (SSSR count). The molecule has 0 unspecified atom stereocenters. The molecule has 5 heteroatoms. The highest BCUT2D eigenvalue weighted by molar-refractivity contribution is 5.33. The van der Waals surface area contributed by atoms with Crippen LogP contribution in [-0.4, -0.2) is 9.13 Å². The van der Waals surface area contributed by atoms with Crippen LogP contribution < -0.4 is 11.1 Å². The normalized spacial score (nSPS) is 9.79. The Hall–Kier alpha value is -2.61. The lowest BCUT2D eigenvalue weighted by Crippen LogP contribution is -2.40. The molecule has 0 fully saturated rings. The predicted octanol–water partition coefficient (Wildman–Crippen LogP) is 1.16. The van der Waals surface area contributed by atoms with Gasteiger partial charge in [0.25, 0.3) is 0 Å². The number of para-hydroxylation sites is 1. The summed E-state index contributed by atoms with van der Waals surface area (Å²) in [5, 5.41) is 0. The van der Waals surface area contributed by atoms with Gasteiger partial charge in [-0.25, -0.2) is 4.39 Å². The van der Waals surface area contributed by atoms with Gasteiger partial charge in [-0.1, -0.05) is 18.1 Å². The van der Waals surface area contributed by atoms with Crippen molar-refractivity contribution in [1.29, 1.82) is 0 Å². The number of hydrogen-bond acceptors (Lipinski definition) is 2. The van der Waals surface area contributed by atoms with Gasteiger partial charge in [0.15, 0.2) is 0 Å². The molecule has 1 aromatic carbocycles. The summed E-state index contributed by atoms with van der Waals surface area (Å²) >= 11 is 0. The third-order valence-electron chi connectivity index (χ3n) is 2.60. The molecule has 0 aliphatic carbocycles. The summed E-state index contributed by atoms with van der Waals surface area (Å²) in [7, 11) is 0. The van der Waals surface area contributed by atoms with E-state index >= 15 is 0 Å². The zero-order valence-electron chi connectivity index (χ0n) is 10.3. The lowest BCUT2D eigenvalue weighted by molar-refractivity contribution is 0.612. The van der Waals surface area contributed by atoms with Crippen molar-refractivity contribution in [3.63, 3.8) is 0 Å². The third-order valence-corrected chi connectivity index (χ3v) is 2.60. The molecule has 0 spiro atoms. The van der Waals surface area contributed by atoms with Crippen molar-refractivity contribution < 1.29 is 4.39 Å². The standard InChI is InChI=1S/C14H11FN2O2/c1-2-3-8-16-9-10-17(14(19)13(16)18)12-7-5-4-6-11(12)15/h4-7,9-10H,8H2,1H3. The molecule has 19 heavy (non-hydrogen) atoms. The van der Waals surface area contributed by atoms with Crippen LogP contribution in [0.1, 0.15) is 6.92 Å². The Kier molecular flexibility index (Phi) is 3.62. The van der Waals surface area contributed by atoms with E-state index in [1.807, 2.05) is 0 Å². The van der Waals surface area contributed by atoms with Crippen LogP contribution in [0.2, 0.25) is 0 Å². The zero-order chi connectivity index (χ0) is 13.8. The van der Waals surface area contributed by atoms with Gasteiger partial charge in [0.1, 0.15) is 5.82 Å². The van der Waals surface area contributed by atoms with Crippen molar-refractivity contribution in [3.05, 3.63) is 63.2 Å². The summed E-state index contributed by atoms with van der Waals surface area (Å²) in [5.74, 6) is 4.77.